The van der Waals surface area contributed by atoms with E-state index < -0.39 is 0 Å². The quantitative estimate of drug-likeness (QED) is 0.170. The molecule has 0 aliphatic heterocycles. The summed E-state index contributed by atoms with van der Waals surface area (Å²) >= 11 is 6.03. The molecule has 0 unspecified atom stereocenters. The summed E-state index contributed by atoms with van der Waals surface area (Å²) in [6.07, 6.45) is 3.05. The van der Waals surface area contributed by atoms with E-state index in [0.717, 1.165) is 0 Å². The van der Waals surface area contributed by atoms with Crippen molar-refractivity contribution in [1.82, 2.24) is 24.5 Å². The van der Waals surface area contributed by atoms with Gasteiger partial charge in [-0.25, -0.2) is 4.98 Å². The van der Waals surface area contributed by atoms with Crippen molar-refractivity contribution in [2.45, 2.75) is 19.5 Å². The number of benzene rings is 1. The molecule has 0 atom stereocenters. The fraction of sp³-hybridized carbons (Fsp3) is 0.154. The Bertz CT molecular complexity index is 1620. The highest BCUT2D eigenvalue weighted by Crippen LogP contribution is 2.23. The molecule has 14 heteroatoms. The highest BCUT2D eigenvalue weighted by molar-refractivity contribution is 6.30. The van der Waals surface area contributed by atoms with E-state index in [1.807, 2.05) is 18.2 Å². The number of hydrogen-bond acceptors (Lipinski definition) is 12. The predicted molar refractivity (Wildman–Crippen MR) is 148 cm³/mol. The lowest BCUT2D eigenvalue weighted by Gasteiger charge is -2.16. The molecule has 202 valence electrons. The van der Waals surface area contributed by atoms with Crippen LogP contribution in [-0.4, -0.2) is 24.5 Å². The lowest BCUT2D eigenvalue weighted by atomic mass is 10.1. The Morgan fingerprint density at radius 1 is 0.875 bits per heavy atom. The summed E-state index contributed by atoms with van der Waals surface area (Å²) in [5.41, 5.74) is 6.69. The zero-order chi connectivity index (χ0) is 27.9. The van der Waals surface area contributed by atoms with Gasteiger partial charge in [-0.15, -0.1) is 0 Å². The topological polar surface area (TPSA) is 172 Å². The van der Waals surface area contributed by atoms with Gasteiger partial charge in [-0.05, 0) is 36.4 Å². The molecule has 5 rings (SSSR count). The Kier molecular flexibility index (Phi) is 7.89. The number of furan rings is 2. The van der Waals surface area contributed by atoms with Gasteiger partial charge in [0.15, 0.2) is 0 Å². The van der Waals surface area contributed by atoms with Gasteiger partial charge in [0.2, 0.25) is 23.8 Å². The summed E-state index contributed by atoms with van der Waals surface area (Å²) in [5.74, 6) is 2.25. The van der Waals surface area contributed by atoms with Gasteiger partial charge in [-0.1, -0.05) is 23.7 Å². The van der Waals surface area contributed by atoms with Crippen LogP contribution >= 0.6 is 11.6 Å². The second kappa shape index (κ2) is 12.0. The Labute approximate surface area is 232 Å². The van der Waals surface area contributed by atoms with Crippen LogP contribution < -0.4 is 27.0 Å². The number of hydrogen-bond donors (Lipinski definition) is 4. The van der Waals surface area contributed by atoms with E-state index in [1.165, 1.54) is 4.57 Å². The van der Waals surface area contributed by atoms with E-state index in [4.69, 9.17) is 20.4 Å². The average molecular weight is 559 g/mol. The SMILES string of the molecule is Cn1c(NNc2nc(NCc3ccco3)nc(NCc3ccco3)n2)nc(-c2ccc(Cl)cc2)c(CC#N)c1=O. The molecule has 0 radical (unpaired) electrons. The van der Waals surface area contributed by atoms with Gasteiger partial charge >= 0.3 is 0 Å². The van der Waals surface area contributed by atoms with E-state index in [9.17, 15) is 10.1 Å². The van der Waals surface area contributed by atoms with Crippen molar-refractivity contribution in [2.24, 2.45) is 7.05 Å². The van der Waals surface area contributed by atoms with Gasteiger partial charge in [0.05, 0.1) is 49.4 Å². The van der Waals surface area contributed by atoms with E-state index in [-0.39, 0.29) is 41.3 Å². The number of anilines is 4. The second-order valence-corrected chi connectivity index (χ2v) is 8.83. The van der Waals surface area contributed by atoms with E-state index in [1.54, 1.807) is 56.0 Å². The zero-order valence-electron chi connectivity index (χ0n) is 21.2. The van der Waals surface area contributed by atoms with Gasteiger partial charge in [0, 0.05) is 17.6 Å². The second-order valence-electron chi connectivity index (χ2n) is 8.39. The summed E-state index contributed by atoms with van der Waals surface area (Å²) in [6, 6.07) is 16.1. The minimum absolute atomic E-state index is 0.103. The third-order valence-corrected chi connectivity index (χ3v) is 5.93. The smallest absolute Gasteiger partial charge is 0.259 e. The number of hydrazine groups is 1. The van der Waals surface area contributed by atoms with E-state index >= 15 is 0 Å². The molecule has 1 aromatic carbocycles. The third-order valence-electron chi connectivity index (χ3n) is 5.68. The molecule has 40 heavy (non-hydrogen) atoms. The lowest BCUT2D eigenvalue weighted by molar-refractivity contribution is 0.517. The number of halogens is 1. The summed E-state index contributed by atoms with van der Waals surface area (Å²) < 4.78 is 12.0. The standard InChI is InChI=1S/C26H23ClN10O3/c1-37-22(38)20(10-11-28)21(16-6-8-17(27)9-7-16)31-26(37)36-35-25-33-23(29-14-18-4-2-12-39-18)32-24(34-25)30-15-19-5-3-13-40-19/h2-9,12-13H,10,14-15H2,1H3,(H,31,36)(H3,29,30,32,33,34,35). The van der Waals surface area contributed by atoms with Crippen molar-refractivity contribution >= 4 is 35.4 Å². The maximum atomic E-state index is 13.2. The molecule has 0 saturated carbocycles. The molecule has 0 fully saturated rings. The van der Waals surface area contributed by atoms with Crippen LogP contribution in [0.4, 0.5) is 23.8 Å². The minimum Gasteiger partial charge on any atom is -0.467 e. The molecular weight excluding hydrogens is 536 g/mol. The maximum absolute atomic E-state index is 13.2. The monoisotopic (exact) mass is 558 g/mol. The molecule has 13 nitrogen and oxygen atoms in total. The van der Waals surface area contributed by atoms with Crippen molar-refractivity contribution < 1.29 is 8.83 Å². The molecule has 0 aliphatic rings. The van der Waals surface area contributed by atoms with E-state index in [0.29, 0.717) is 40.9 Å². The summed E-state index contributed by atoms with van der Waals surface area (Å²) in [5, 5.41) is 16.0. The number of nitrogens with one attached hydrogen (secondary N) is 4. The van der Waals surface area contributed by atoms with Crippen molar-refractivity contribution in [2.75, 3.05) is 21.5 Å². The highest BCUT2D eigenvalue weighted by Gasteiger charge is 2.17. The first-order chi connectivity index (χ1) is 19.5. The lowest BCUT2D eigenvalue weighted by Crippen LogP contribution is -2.28. The van der Waals surface area contributed by atoms with Gasteiger partial charge < -0.3 is 19.5 Å². The molecule has 0 spiro atoms. The number of nitrogens with zero attached hydrogens (tertiary/aromatic N) is 6. The molecule has 4 heterocycles. The molecule has 4 aromatic heterocycles. The van der Waals surface area contributed by atoms with Crippen molar-refractivity contribution in [1.29, 1.82) is 5.26 Å². The maximum Gasteiger partial charge on any atom is 0.259 e. The van der Waals surface area contributed by atoms with Crippen molar-refractivity contribution in [3.8, 4) is 17.3 Å². The van der Waals surface area contributed by atoms with Crippen LogP contribution in [0.2, 0.25) is 5.02 Å². The first-order valence-electron chi connectivity index (χ1n) is 12.0. The van der Waals surface area contributed by atoms with Crippen LogP contribution in [0, 0.1) is 11.3 Å². The fourth-order valence-corrected chi connectivity index (χ4v) is 3.83. The Morgan fingerprint density at radius 3 is 2.02 bits per heavy atom. The van der Waals surface area contributed by atoms with Gasteiger partial charge in [0.1, 0.15) is 11.5 Å². The Morgan fingerprint density at radius 2 is 1.48 bits per heavy atom. The van der Waals surface area contributed by atoms with Crippen LogP contribution in [0.1, 0.15) is 17.1 Å². The molecule has 4 N–H and O–H groups in total. The third kappa shape index (κ3) is 6.20. The molecule has 5 aromatic rings. The van der Waals surface area contributed by atoms with Crippen molar-refractivity contribution in [3.63, 3.8) is 0 Å². The summed E-state index contributed by atoms with van der Waals surface area (Å²) in [4.78, 5) is 31.0. The number of aromatic nitrogens is 5. The van der Waals surface area contributed by atoms with Crippen LogP contribution in [0.3, 0.4) is 0 Å². The van der Waals surface area contributed by atoms with Crippen LogP contribution in [-0.2, 0) is 26.6 Å². The normalized spacial score (nSPS) is 10.6. The molecular formula is C26H23ClN10O3. The first-order valence-corrected chi connectivity index (χ1v) is 12.4. The first kappa shape index (κ1) is 26.3. The van der Waals surface area contributed by atoms with Crippen LogP contribution in [0.15, 0.2) is 74.7 Å². The van der Waals surface area contributed by atoms with Crippen molar-refractivity contribution in [3.05, 3.63) is 93.5 Å². The number of rotatable bonds is 11. The molecule has 0 aliphatic carbocycles. The van der Waals surface area contributed by atoms with Gasteiger partial charge in [0.25, 0.3) is 5.56 Å². The number of nitriles is 1. The van der Waals surface area contributed by atoms with Gasteiger partial charge in [-0.2, -0.15) is 20.2 Å². The molecule has 0 amide bonds. The largest absolute Gasteiger partial charge is 0.467 e. The average Bonchev–Trinajstić information content (AvgIpc) is 3.68. The minimum atomic E-state index is -0.372. The predicted octanol–water partition coefficient (Wildman–Crippen LogP) is 4.20. The van der Waals surface area contributed by atoms with E-state index in [2.05, 4.69) is 41.4 Å². The van der Waals surface area contributed by atoms with Crippen LogP contribution in [0.5, 0.6) is 0 Å². The molecule has 0 bridgehead atoms. The van der Waals surface area contributed by atoms with Gasteiger partial charge in [-0.3, -0.25) is 20.2 Å². The molecule has 0 saturated heterocycles. The highest BCUT2D eigenvalue weighted by atomic mass is 35.5. The Hall–Kier alpha value is -5.35. The summed E-state index contributed by atoms with van der Waals surface area (Å²) in [7, 11) is 1.55. The fourth-order valence-electron chi connectivity index (χ4n) is 3.71. The van der Waals surface area contributed by atoms with Crippen LogP contribution in [0.25, 0.3) is 11.3 Å². The zero-order valence-corrected chi connectivity index (χ0v) is 21.9. The Balaban J connectivity index is 1.42. The summed E-state index contributed by atoms with van der Waals surface area (Å²) in [6.45, 7) is 0.699.